The number of nitrogens with zero attached hydrogens (tertiary/aromatic N) is 1. The van der Waals surface area contributed by atoms with Crippen LogP contribution in [0.2, 0.25) is 0 Å². The van der Waals surface area contributed by atoms with E-state index >= 15 is 0 Å². The Bertz CT molecular complexity index is 1190. The zero-order valence-electron chi connectivity index (χ0n) is 16.6. The Morgan fingerprint density at radius 2 is 1.69 bits per heavy atom. The minimum atomic E-state index is -0.660. The average Bonchev–Trinajstić information content (AvgIpc) is 2.79. The third-order valence-electron chi connectivity index (χ3n) is 4.16. The summed E-state index contributed by atoms with van der Waals surface area (Å²) >= 11 is 3.35. The lowest BCUT2D eigenvalue weighted by atomic mass is 10.1. The number of hydrogen-bond acceptors (Lipinski definition) is 4. The summed E-state index contributed by atoms with van der Waals surface area (Å²) in [4.78, 5) is 24.7. The highest BCUT2D eigenvalue weighted by Crippen LogP contribution is 2.26. The van der Waals surface area contributed by atoms with Gasteiger partial charge in [0.25, 0.3) is 11.8 Å². The first-order valence-electron chi connectivity index (χ1n) is 9.40. The maximum absolute atomic E-state index is 13.0. The van der Waals surface area contributed by atoms with E-state index in [1.807, 2.05) is 12.1 Å². The molecule has 3 rings (SSSR count). The summed E-state index contributed by atoms with van der Waals surface area (Å²) in [6.07, 6.45) is 1.36. The van der Waals surface area contributed by atoms with Crippen molar-refractivity contribution in [2.75, 3.05) is 17.2 Å². The minimum Gasteiger partial charge on any atom is -0.483 e. The average molecular weight is 494 g/mol. The largest absolute Gasteiger partial charge is 0.483 e. The van der Waals surface area contributed by atoms with E-state index in [9.17, 15) is 19.2 Å². The Hall–Kier alpha value is -3.96. The molecule has 2 N–H and O–H groups in total. The molecule has 0 fully saturated rings. The molecule has 8 heteroatoms. The second-order valence-electron chi connectivity index (χ2n) is 6.52. The third-order valence-corrected chi connectivity index (χ3v) is 4.65. The van der Waals surface area contributed by atoms with Crippen molar-refractivity contribution in [3.05, 3.63) is 94.2 Å². The number of halogens is 2. The van der Waals surface area contributed by atoms with Gasteiger partial charge in [0.15, 0.2) is 6.61 Å². The van der Waals surface area contributed by atoms with Gasteiger partial charge in [-0.3, -0.25) is 9.59 Å². The van der Waals surface area contributed by atoms with E-state index in [-0.39, 0.29) is 18.1 Å². The van der Waals surface area contributed by atoms with Crippen LogP contribution in [-0.2, 0) is 9.59 Å². The zero-order chi connectivity index (χ0) is 22.9. The molecular formula is C24H17BrFN3O3. The van der Waals surface area contributed by atoms with Gasteiger partial charge >= 0.3 is 0 Å². The van der Waals surface area contributed by atoms with E-state index in [1.165, 1.54) is 30.3 Å². The number of para-hydroxylation sites is 1. The molecule has 2 amide bonds. The number of nitriles is 1. The first-order valence-corrected chi connectivity index (χ1v) is 10.2. The van der Waals surface area contributed by atoms with Crippen molar-refractivity contribution < 1.29 is 18.7 Å². The summed E-state index contributed by atoms with van der Waals surface area (Å²) in [5.41, 5.74) is 1.23. The number of carbonyl (C=O) groups excluding carboxylic acids is 2. The fourth-order valence-corrected chi connectivity index (χ4v) is 3.04. The minimum absolute atomic E-state index is 0.189. The van der Waals surface area contributed by atoms with Crippen molar-refractivity contribution in [1.82, 2.24) is 0 Å². The van der Waals surface area contributed by atoms with Gasteiger partial charge in [0, 0.05) is 21.4 Å². The fourth-order valence-electron chi connectivity index (χ4n) is 2.66. The molecule has 0 aliphatic carbocycles. The van der Waals surface area contributed by atoms with Gasteiger partial charge in [-0.05, 0) is 60.7 Å². The Morgan fingerprint density at radius 1 is 1.00 bits per heavy atom. The van der Waals surface area contributed by atoms with Gasteiger partial charge in [-0.15, -0.1) is 0 Å². The monoisotopic (exact) mass is 493 g/mol. The number of rotatable bonds is 7. The summed E-state index contributed by atoms with van der Waals surface area (Å²) < 4.78 is 19.4. The molecule has 3 aromatic rings. The van der Waals surface area contributed by atoms with Crippen molar-refractivity contribution in [1.29, 1.82) is 5.26 Å². The van der Waals surface area contributed by atoms with Gasteiger partial charge in [0.05, 0.1) is 0 Å². The summed E-state index contributed by atoms with van der Waals surface area (Å²) in [5.74, 6) is -1.14. The molecule has 0 aliphatic heterocycles. The number of hydrogen-bond donors (Lipinski definition) is 2. The maximum Gasteiger partial charge on any atom is 0.266 e. The van der Waals surface area contributed by atoms with E-state index in [1.54, 1.807) is 42.5 Å². The molecule has 0 atom stereocenters. The normalized spacial score (nSPS) is 10.7. The Balaban J connectivity index is 1.74. The second kappa shape index (κ2) is 10.9. The second-order valence-corrected chi connectivity index (χ2v) is 7.43. The van der Waals surface area contributed by atoms with Gasteiger partial charge in [0.1, 0.15) is 23.2 Å². The van der Waals surface area contributed by atoms with E-state index < -0.39 is 11.7 Å². The van der Waals surface area contributed by atoms with Crippen LogP contribution in [0.15, 0.2) is 82.8 Å². The van der Waals surface area contributed by atoms with Crippen molar-refractivity contribution in [2.45, 2.75) is 0 Å². The molecule has 0 bridgehead atoms. The standard InChI is InChI=1S/C24H17BrFN3O3/c25-18-6-11-22(32-15-23(30)28-20-4-2-1-3-5-20)16(13-18)12-17(14-27)24(31)29-21-9-7-19(26)8-10-21/h1-13H,15H2,(H,28,30)(H,29,31)/b17-12+. The predicted octanol–water partition coefficient (Wildman–Crippen LogP) is 5.15. The quantitative estimate of drug-likeness (QED) is 0.351. The molecule has 6 nitrogen and oxygen atoms in total. The van der Waals surface area contributed by atoms with Crippen LogP contribution in [0.5, 0.6) is 5.75 Å². The number of benzene rings is 3. The van der Waals surface area contributed by atoms with Crippen LogP contribution in [0.1, 0.15) is 5.56 Å². The van der Waals surface area contributed by atoms with Gasteiger partial charge in [0.2, 0.25) is 0 Å². The first-order chi connectivity index (χ1) is 15.4. The highest BCUT2D eigenvalue weighted by atomic mass is 79.9. The molecule has 0 radical (unpaired) electrons. The van der Waals surface area contributed by atoms with E-state index in [0.717, 1.165) is 0 Å². The maximum atomic E-state index is 13.0. The van der Waals surface area contributed by atoms with Crippen molar-refractivity contribution >= 4 is 45.2 Å². The predicted molar refractivity (Wildman–Crippen MR) is 123 cm³/mol. The summed E-state index contributed by atoms with van der Waals surface area (Å²) in [5, 5.41) is 14.7. The lowest BCUT2D eigenvalue weighted by molar-refractivity contribution is -0.118. The van der Waals surface area contributed by atoms with Gasteiger partial charge in [-0.1, -0.05) is 34.1 Å². The molecule has 0 spiro atoms. The number of carbonyl (C=O) groups is 2. The molecule has 0 aliphatic rings. The van der Waals surface area contributed by atoms with E-state index in [2.05, 4.69) is 26.6 Å². The smallest absolute Gasteiger partial charge is 0.266 e. The van der Waals surface area contributed by atoms with Crippen molar-refractivity contribution in [2.24, 2.45) is 0 Å². The van der Waals surface area contributed by atoms with Crippen molar-refractivity contribution in [3.8, 4) is 11.8 Å². The Kier molecular flexibility index (Phi) is 7.73. The van der Waals surface area contributed by atoms with Crippen LogP contribution in [0, 0.1) is 17.1 Å². The molecule has 3 aromatic carbocycles. The molecule has 160 valence electrons. The summed E-state index contributed by atoms with van der Waals surface area (Å²) in [7, 11) is 0. The number of ether oxygens (including phenoxy) is 1. The molecule has 0 aromatic heterocycles. The van der Waals surface area contributed by atoms with Crippen LogP contribution < -0.4 is 15.4 Å². The van der Waals surface area contributed by atoms with Gasteiger partial charge < -0.3 is 15.4 Å². The molecule has 0 heterocycles. The van der Waals surface area contributed by atoms with E-state index in [4.69, 9.17) is 4.74 Å². The zero-order valence-corrected chi connectivity index (χ0v) is 18.2. The van der Waals surface area contributed by atoms with Crippen LogP contribution in [0.4, 0.5) is 15.8 Å². The third kappa shape index (κ3) is 6.52. The summed E-state index contributed by atoms with van der Waals surface area (Å²) in [6.45, 7) is -0.263. The van der Waals surface area contributed by atoms with Gasteiger partial charge in [-0.2, -0.15) is 5.26 Å². The molecule has 0 unspecified atom stereocenters. The van der Waals surface area contributed by atoms with Gasteiger partial charge in [-0.25, -0.2) is 4.39 Å². The first kappa shape index (κ1) is 22.7. The topological polar surface area (TPSA) is 91.2 Å². The van der Waals surface area contributed by atoms with Crippen LogP contribution in [-0.4, -0.2) is 18.4 Å². The summed E-state index contributed by atoms with van der Waals surface area (Å²) in [6, 6.07) is 21.0. The number of anilines is 2. The van der Waals surface area contributed by atoms with Crippen LogP contribution >= 0.6 is 15.9 Å². The number of amides is 2. The lowest BCUT2D eigenvalue weighted by Gasteiger charge is -2.11. The Morgan fingerprint density at radius 3 is 2.38 bits per heavy atom. The highest BCUT2D eigenvalue weighted by molar-refractivity contribution is 9.10. The highest BCUT2D eigenvalue weighted by Gasteiger charge is 2.13. The van der Waals surface area contributed by atoms with Crippen LogP contribution in [0.25, 0.3) is 6.08 Å². The Labute approximate surface area is 192 Å². The number of nitrogens with one attached hydrogen (secondary N) is 2. The van der Waals surface area contributed by atoms with E-state index in [0.29, 0.717) is 27.2 Å². The van der Waals surface area contributed by atoms with Crippen LogP contribution in [0.3, 0.4) is 0 Å². The molecule has 0 saturated carbocycles. The lowest BCUT2D eigenvalue weighted by Crippen LogP contribution is -2.20. The van der Waals surface area contributed by atoms with Crippen molar-refractivity contribution in [3.63, 3.8) is 0 Å². The molecule has 0 saturated heterocycles. The molecule has 32 heavy (non-hydrogen) atoms. The SMILES string of the molecule is N#C/C(=C\c1cc(Br)ccc1OCC(=O)Nc1ccccc1)C(=O)Nc1ccc(F)cc1. The fraction of sp³-hybridized carbons (Fsp3) is 0.0417. The molecular weight excluding hydrogens is 477 g/mol.